The Kier molecular flexibility index (Phi) is 7.97. The third-order valence-corrected chi connectivity index (χ3v) is 4.06. The van der Waals surface area contributed by atoms with E-state index in [2.05, 4.69) is 48.3 Å². The summed E-state index contributed by atoms with van der Waals surface area (Å²) in [6.07, 6.45) is 5.11. The van der Waals surface area contributed by atoms with Gasteiger partial charge in [-0.15, -0.1) is 0 Å². The number of hydrogen-bond acceptors (Lipinski definition) is 2. The summed E-state index contributed by atoms with van der Waals surface area (Å²) in [7, 11) is 4.07. The van der Waals surface area contributed by atoms with Crippen LogP contribution in [0.5, 0.6) is 0 Å². The molecule has 118 valence electrons. The van der Waals surface area contributed by atoms with Gasteiger partial charge in [0.15, 0.2) is 5.96 Å². The van der Waals surface area contributed by atoms with E-state index in [0.29, 0.717) is 6.04 Å². The van der Waals surface area contributed by atoms with Crippen molar-refractivity contribution in [3.05, 3.63) is 0 Å². The van der Waals surface area contributed by atoms with Crippen molar-refractivity contribution in [1.29, 1.82) is 0 Å². The summed E-state index contributed by atoms with van der Waals surface area (Å²) in [6, 6.07) is 0.484. The van der Waals surface area contributed by atoms with Crippen molar-refractivity contribution in [3.63, 3.8) is 0 Å². The van der Waals surface area contributed by atoms with Crippen molar-refractivity contribution in [1.82, 2.24) is 15.5 Å². The molecule has 1 aliphatic rings. The van der Waals surface area contributed by atoms with Crippen LogP contribution in [-0.4, -0.2) is 50.6 Å². The minimum atomic E-state index is 0.484. The molecule has 1 aliphatic heterocycles. The number of rotatable bonds is 6. The smallest absolute Gasteiger partial charge is 0.191 e. The van der Waals surface area contributed by atoms with Gasteiger partial charge in [0.2, 0.25) is 0 Å². The minimum Gasteiger partial charge on any atom is -0.356 e. The maximum Gasteiger partial charge on any atom is 0.191 e. The lowest BCUT2D eigenvalue weighted by molar-refractivity contribution is 0.210. The van der Waals surface area contributed by atoms with Crippen molar-refractivity contribution >= 4 is 5.96 Å². The Morgan fingerprint density at radius 2 is 2.05 bits per heavy atom. The van der Waals surface area contributed by atoms with Crippen molar-refractivity contribution < 1.29 is 0 Å². The summed E-state index contributed by atoms with van der Waals surface area (Å²) in [5.41, 5.74) is 0. The molecule has 20 heavy (non-hydrogen) atoms. The number of piperidine rings is 1. The first kappa shape index (κ1) is 17.3. The highest BCUT2D eigenvalue weighted by Gasteiger charge is 2.17. The molecule has 0 saturated carbocycles. The molecule has 1 saturated heterocycles. The molecule has 0 bridgehead atoms. The standard InChI is InChI=1S/C16H34N4/c1-13(2)8-9-14(3)19-16(17-4)18-11-15-7-6-10-20(5)12-15/h13-15H,6-12H2,1-5H3,(H2,17,18,19). The van der Waals surface area contributed by atoms with Crippen LogP contribution in [-0.2, 0) is 0 Å². The first-order valence-corrected chi connectivity index (χ1v) is 8.17. The second kappa shape index (κ2) is 9.22. The average Bonchev–Trinajstić information content (AvgIpc) is 2.41. The number of hydrogen-bond donors (Lipinski definition) is 2. The van der Waals surface area contributed by atoms with Gasteiger partial charge in [0.25, 0.3) is 0 Å². The van der Waals surface area contributed by atoms with Gasteiger partial charge in [-0.1, -0.05) is 13.8 Å². The summed E-state index contributed by atoms with van der Waals surface area (Å²) in [5, 5.41) is 6.99. The Hall–Kier alpha value is -0.770. The Balaban J connectivity index is 2.25. The lowest BCUT2D eigenvalue weighted by Gasteiger charge is -2.30. The van der Waals surface area contributed by atoms with E-state index in [1.54, 1.807) is 0 Å². The van der Waals surface area contributed by atoms with Gasteiger partial charge < -0.3 is 15.5 Å². The zero-order valence-corrected chi connectivity index (χ0v) is 14.1. The molecule has 1 heterocycles. The molecular weight excluding hydrogens is 248 g/mol. The number of nitrogens with one attached hydrogen (secondary N) is 2. The SMILES string of the molecule is CN=C(NCC1CCCN(C)C1)NC(C)CCC(C)C. The van der Waals surface area contributed by atoms with Gasteiger partial charge in [0.1, 0.15) is 0 Å². The first-order valence-electron chi connectivity index (χ1n) is 8.17. The van der Waals surface area contributed by atoms with Crippen LogP contribution in [0.25, 0.3) is 0 Å². The average molecular weight is 282 g/mol. The summed E-state index contributed by atoms with van der Waals surface area (Å²) in [6.45, 7) is 10.3. The van der Waals surface area contributed by atoms with E-state index in [-0.39, 0.29) is 0 Å². The fraction of sp³-hybridized carbons (Fsp3) is 0.938. The van der Waals surface area contributed by atoms with Crippen molar-refractivity contribution in [3.8, 4) is 0 Å². The Labute approximate surface area is 125 Å². The highest BCUT2D eigenvalue weighted by Crippen LogP contribution is 2.13. The van der Waals surface area contributed by atoms with Gasteiger partial charge in [-0.2, -0.15) is 0 Å². The number of guanidine groups is 1. The number of likely N-dealkylation sites (tertiary alicyclic amines) is 1. The number of nitrogens with zero attached hydrogens (tertiary/aromatic N) is 2. The van der Waals surface area contributed by atoms with Gasteiger partial charge in [-0.05, 0) is 58.0 Å². The van der Waals surface area contributed by atoms with Crippen LogP contribution in [0.2, 0.25) is 0 Å². The van der Waals surface area contributed by atoms with Crippen molar-refractivity contribution in [2.45, 2.75) is 52.5 Å². The molecule has 4 nitrogen and oxygen atoms in total. The number of aliphatic imine (C=N–C) groups is 1. The molecule has 0 radical (unpaired) electrons. The summed E-state index contributed by atoms with van der Waals surface area (Å²) in [5.74, 6) is 2.47. The lowest BCUT2D eigenvalue weighted by Crippen LogP contribution is -2.46. The van der Waals surface area contributed by atoms with Gasteiger partial charge in [0, 0.05) is 26.2 Å². The lowest BCUT2D eigenvalue weighted by atomic mass is 9.98. The molecule has 1 fully saturated rings. The van der Waals surface area contributed by atoms with E-state index < -0.39 is 0 Å². The predicted octanol–water partition coefficient (Wildman–Crippen LogP) is 2.32. The largest absolute Gasteiger partial charge is 0.356 e. The molecular formula is C16H34N4. The minimum absolute atomic E-state index is 0.484. The molecule has 2 N–H and O–H groups in total. The molecule has 1 rings (SSSR count). The van der Waals surface area contributed by atoms with E-state index in [4.69, 9.17) is 0 Å². The van der Waals surface area contributed by atoms with Crippen LogP contribution in [0.15, 0.2) is 4.99 Å². The zero-order valence-electron chi connectivity index (χ0n) is 14.1. The van der Waals surface area contributed by atoms with Crippen LogP contribution < -0.4 is 10.6 Å². The molecule has 0 aromatic carbocycles. The van der Waals surface area contributed by atoms with E-state index in [1.807, 2.05) is 7.05 Å². The Morgan fingerprint density at radius 3 is 2.65 bits per heavy atom. The van der Waals surface area contributed by atoms with Gasteiger partial charge >= 0.3 is 0 Å². The van der Waals surface area contributed by atoms with E-state index in [1.165, 1.54) is 38.8 Å². The van der Waals surface area contributed by atoms with Crippen LogP contribution >= 0.6 is 0 Å². The van der Waals surface area contributed by atoms with Crippen molar-refractivity contribution in [2.75, 3.05) is 33.7 Å². The molecule has 0 aromatic heterocycles. The maximum atomic E-state index is 4.34. The first-order chi connectivity index (χ1) is 9.51. The molecule has 0 aromatic rings. The fourth-order valence-electron chi connectivity index (χ4n) is 2.76. The van der Waals surface area contributed by atoms with Gasteiger partial charge in [0.05, 0.1) is 0 Å². The Morgan fingerprint density at radius 1 is 1.30 bits per heavy atom. The predicted molar refractivity (Wildman–Crippen MR) is 88.3 cm³/mol. The van der Waals surface area contributed by atoms with E-state index in [0.717, 1.165) is 24.3 Å². The monoisotopic (exact) mass is 282 g/mol. The quantitative estimate of drug-likeness (QED) is 0.580. The molecule has 0 spiro atoms. The molecule has 2 atom stereocenters. The Bertz CT molecular complexity index is 288. The molecule has 4 heteroatoms. The maximum absolute atomic E-state index is 4.34. The second-order valence-electron chi connectivity index (χ2n) is 6.74. The summed E-state index contributed by atoms with van der Waals surface area (Å²) >= 11 is 0. The van der Waals surface area contributed by atoms with Gasteiger partial charge in [-0.25, -0.2) is 0 Å². The fourth-order valence-corrected chi connectivity index (χ4v) is 2.76. The summed E-state index contributed by atoms with van der Waals surface area (Å²) in [4.78, 5) is 6.77. The molecule has 0 amide bonds. The van der Waals surface area contributed by atoms with Crippen LogP contribution in [0.3, 0.4) is 0 Å². The second-order valence-corrected chi connectivity index (χ2v) is 6.74. The van der Waals surface area contributed by atoms with Crippen LogP contribution in [0.1, 0.15) is 46.5 Å². The zero-order chi connectivity index (χ0) is 15.0. The van der Waals surface area contributed by atoms with E-state index in [9.17, 15) is 0 Å². The third kappa shape index (κ3) is 7.13. The van der Waals surface area contributed by atoms with E-state index >= 15 is 0 Å². The van der Waals surface area contributed by atoms with Gasteiger partial charge in [-0.3, -0.25) is 4.99 Å². The van der Waals surface area contributed by atoms with Crippen molar-refractivity contribution in [2.24, 2.45) is 16.8 Å². The summed E-state index contributed by atoms with van der Waals surface area (Å²) < 4.78 is 0. The molecule has 2 unspecified atom stereocenters. The topological polar surface area (TPSA) is 39.7 Å². The highest BCUT2D eigenvalue weighted by molar-refractivity contribution is 5.79. The molecule has 0 aliphatic carbocycles. The highest BCUT2D eigenvalue weighted by atomic mass is 15.2. The van der Waals surface area contributed by atoms with Crippen LogP contribution in [0, 0.1) is 11.8 Å². The van der Waals surface area contributed by atoms with Crippen LogP contribution in [0.4, 0.5) is 0 Å². The normalized spacial score (nSPS) is 22.9. The third-order valence-electron chi connectivity index (χ3n) is 4.06.